The van der Waals surface area contributed by atoms with Gasteiger partial charge in [-0.25, -0.2) is 0 Å². The number of methoxy groups -OCH3 is 1. The van der Waals surface area contributed by atoms with E-state index in [1.807, 2.05) is 18.4 Å². The molecule has 0 aliphatic rings. The second-order valence-electron chi connectivity index (χ2n) is 2.43. The third-order valence-electron chi connectivity index (χ3n) is 1.59. The highest BCUT2D eigenvalue weighted by molar-refractivity contribution is 7.98. The van der Waals surface area contributed by atoms with Crippen molar-refractivity contribution >= 4 is 11.8 Å². The van der Waals surface area contributed by atoms with E-state index in [1.165, 1.54) is 0 Å². The molecular weight excluding hydrogens is 172 g/mol. The summed E-state index contributed by atoms with van der Waals surface area (Å²) >= 11 is 1.61. The van der Waals surface area contributed by atoms with Gasteiger partial charge in [0, 0.05) is 17.6 Å². The molecule has 1 rings (SSSR count). The molecule has 0 fully saturated rings. The highest BCUT2D eigenvalue weighted by atomic mass is 32.2. The minimum Gasteiger partial charge on any atom is -0.508 e. The van der Waals surface area contributed by atoms with Crippen molar-refractivity contribution in [2.75, 3.05) is 13.4 Å². The summed E-state index contributed by atoms with van der Waals surface area (Å²) in [6, 6.07) is 5.60. The molecule has 0 heterocycles. The van der Waals surface area contributed by atoms with Crippen LogP contribution >= 0.6 is 11.8 Å². The van der Waals surface area contributed by atoms with E-state index in [9.17, 15) is 5.11 Å². The number of hydrogen-bond donors (Lipinski definition) is 1. The van der Waals surface area contributed by atoms with Gasteiger partial charge in [0.1, 0.15) is 5.75 Å². The summed E-state index contributed by atoms with van der Waals surface area (Å²) in [4.78, 5) is 1.06. The smallest absolute Gasteiger partial charge is 0.122 e. The quantitative estimate of drug-likeness (QED) is 0.731. The highest BCUT2D eigenvalue weighted by Crippen LogP contribution is 2.24. The normalized spacial score (nSPS) is 10.2. The Hall–Kier alpha value is -0.670. The van der Waals surface area contributed by atoms with E-state index in [0.29, 0.717) is 12.4 Å². The summed E-state index contributed by atoms with van der Waals surface area (Å²) in [6.07, 6.45) is 1.98. The van der Waals surface area contributed by atoms with Gasteiger partial charge in [-0.1, -0.05) is 6.07 Å². The molecule has 1 aromatic rings. The van der Waals surface area contributed by atoms with Crippen LogP contribution < -0.4 is 0 Å². The second kappa shape index (κ2) is 4.38. The Kier molecular flexibility index (Phi) is 3.44. The van der Waals surface area contributed by atoms with Gasteiger partial charge in [0.2, 0.25) is 0 Å². The van der Waals surface area contributed by atoms with Crippen LogP contribution in [-0.4, -0.2) is 18.5 Å². The zero-order valence-corrected chi connectivity index (χ0v) is 8.02. The number of phenols is 1. The summed E-state index contributed by atoms with van der Waals surface area (Å²) in [5, 5.41) is 9.46. The van der Waals surface area contributed by atoms with Gasteiger partial charge < -0.3 is 9.84 Å². The Morgan fingerprint density at radius 2 is 2.25 bits per heavy atom. The summed E-state index contributed by atoms with van der Waals surface area (Å²) in [5.74, 6) is 0.309. The van der Waals surface area contributed by atoms with Gasteiger partial charge in [-0.15, -0.1) is 11.8 Å². The molecule has 0 amide bonds. The first-order valence-corrected chi connectivity index (χ1v) is 4.85. The third kappa shape index (κ3) is 2.16. The van der Waals surface area contributed by atoms with E-state index in [2.05, 4.69) is 0 Å². The lowest BCUT2D eigenvalue weighted by Gasteiger charge is -2.04. The Morgan fingerprint density at radius 3 is 2.75 bits per heavy atom. The van der Waals surface area contributed by atoms with Crippen LogP contribution in [0.25, 0.3) is 0 Å². The molecule has 0 saturated heterocycles. The predicted molar refractivity (Wildman–Crippen MR) is 50.6 cm³/mol. The molecule has 0 saturated carbocycles. The van der Waals surface area contributed by atoms with Gasteiger partial charge >= 0.3 is 0 Å². The van der Waals surface area contributed by atoms with Crippen molar-refractivity contribution in [1.82, 2.24) is 0 Å². The number of hydrogen-bond acceptors (Lipinski definition) is 3. The van der Waals surface area contributed by atoms with Crippen LogP contribution in [0.1, 0.15) is 5.56 Å². The molecule has 0 spiro atoms. The Balaban J connectivity index is 2.87. The maximum absolute atomic E-state index is 9.46. The number of rotatable bonds is 3. The Morgan fingerprint density at radius 1 is 1.50 bits per heavy atom. The molecule has 0 unspecified atom stereocenters. The minimum atomic E-state index is 0.309. The van der Waals surface area contributed by atoms with Gasteiger partial charge in [-0.3, -0.25) is 0 Å². The van der Waals surface area contributed by atoms with E-state index >= 15 is 0 Å². The molecule has 0 radical (unpaired) electrons. The standard InChI is InChI=1S/C9H12O2S/c1-11-6-7-3-4-8(12-2)5-9(7)10/h3-5,10H,6H2,1-2H3. The maximum Gasteiger partial charge on any atom is 0.122 e. The van der Waals surface area contributed by atoms with Crippen LogP contribution in [0.15, 0.2) is 23.1 Å². The van der Waals surface area contributed by atoms with Crippen LogP contribution in [0.4, 0.5) is 0 Å². The molecule has 1 aromatic carbocycles. The fourth-order valence-electron chi connectivity index (χ4n) is 0.948. The molecule has 0 aliphatic heterocycles. The zero-order valence-electron chi connectivity index (χ0n) is 7.20. The van der Waals surface area contributed by atoms with Crippen molar-refractivity contribution in [1.29, 1.82) is 0 Å². The first-order chi connectivity index (χ1) is 5.77. The van der Waals surface area contributed by atoms with Crippen molar-refractivity contribution < 1.29 is 9.84 Å². The van der Waals surface area contributed by atoms with Crippen molar-refractivity contribution in [2.24, 2.45) is 0 Å². The van der Waals surface area contributed by atoms with Crippen LogP contribution in [0.2, 0.25) is 0 Å². The monoisotopic (exact) mass is 184 g/mol. The van der Waals surface area contributed by atoms with Crippen molar-refractivity contribution in [3.63, 3.8) is 0 Å². The molecule has 2 nitrogen and oxygen atoms in total. The lowest BCUT2D eigenvalue weighted by atomic mass is 10.2. The predicted octanol–water partition coefficient (Wildman–Crippen LogP) is 2.26. The van der Waals surface area contributed by atoms with Crippen LogP contribution in [0.3, 0.4) is 0 Å². The van der Waals surface area contributed by atoms with E-state index in [4.69, 9.17) is 4.74 Å². The fraction of sp³-hybridized carbons (Fsp3) is 0.333. The maximum atomic E-state index is 9.46. The molecule has 0 aliphatic carbocycles. The SMILES string of the molecule is COCc1ccc(SC)cc1O. The Labute approximate surface area is 76.6 Å². The van der Waals surface area contributed by atoms with Gasteiger partial charge in [0.15, 0.2) is 0 Å². The first kappa shape index (κ1) is 9.42. The van der Waals surface area contributed by atoms with Gasteiger partial charge in [-0.2, -0.15) is 0 Å². The summed E-state index contributed by atoms with van der Waals surface area (Å²) in [7, 11) is 1.61. The minimum absolute atomic E-state index is 0.309. The van der Waals surface area contributed by atoms with E-state index in [-0.39, 0.29) is 0 Å². The molecule has 0 atom stereocenters. The van der Waals surface area contributed by atoms with E-state index < -0.39 is 0 Å². The zero-order chi connectivity index (χ0) is 8.97. The number of aromatic hydroxyl groups is 1. The number of ether oxygens (including phenoxy) is 1. The largest absolute Gasteiger partial charge is 0.508 e. The van der Waals surface area contributed by atoms with Crippen LogP contribution in [-0.2, 0) is 11.3 Å². The molecular formula is C9H12O2S. The topological polar surface area (TPSA) is 29.5 Å². The van der Waals surface area contributed by atoms with Crippen molar-refractivity contribution in [3.05, 3.63) is 23.8 Å². The lowest BCUT2D eigenvalue weighted by molar-refractivity contribution is 0.182. The molecule has 12 heavy (non-hydrogen) atoms. The lowest BCUT2D eigenvalue weighted by Crippen LogP contribution is -1.87. The van der Waals surface area contributed by atoms with Crippen LogP contribution in [0.5, 0.6) is 5.75 Å². The highest BCUT2D eigenvalue weighted by Gasteiger charge is 2.00. The van der Waals surface area contributed by atoms with Crippen LogP contribution in [0, 0.1) is 0 Å². The van der Waals surface area contributed by atoms with Gasteiger partial charge in [-0.05, 0) is 18.4 Å². The molecule has 3 heteroatoms. The third-order valence-corrected chi connectivity index (χ3v) is 2.32. The second-order valence-corrected chi connectivity index (χ2v) is 3.31. The fourth-order valence-corrected chi connectivity index (χ4v) is 1.38. The average Bonchev–Trinajstić information content (AvgIpc) is 2.09. The van der Waals surface area contributed by atoms with Gasteiger partial charge in [0.25, 0.3) is 0 Å². The molecule has 0 bridgehead atoms. The molecule has 0 aromatic heterocycles. The van der Waals surface area contributed by atoms with Gasteiger partial charge in [0.05, 0.1) is 6.61 Å². The molecule has 66 valence electrons. The molecule has 1 N–H and O–H groups in total. The number of thioether (sulfide) groups is 1. The number of phenolic OH excluding ortho intramolecular Hbond substituents is 1. The van der Waals surface area contributed by atoms with Crippen molar-refractivity contribution in [2.45, 2.75) is 11.5 Å². The van der Waals surface area contributed by atoms with E-state index in [0.717, 1.165) is 10.5 Å². The van der Waals surface area contributed by atoms with E-state index in [1.54, 1.807) is 24.9 Å². The average molecular weight is 184 g/mol. The summed E-state index contributed by atoms with van der Waals surface area (Å²) in [6.45, 7) is 0.459. The van der Waals surface area contributed by atoms with Crippen molar-refractivity contribution in [3.8, 4) is 5.75 Å². The number of benzene rings is 1. The summed E-state index contributed by atoms with van der Waals surface area (Å²) < 4.78 is 4.92. The first-order valence-electron chi connectivity index (χ1n) is 3.62. The Bertz CT molecular complexity index is 261. The summed E-state index contributed by atoms with van der Waals surface area (Å²) in [5.41, 5.74) is 0.829.